The maximum atomic E-state index is 5.13. The van der Waals surface area contributed by atoms with Gasteiger partial charge < -0.3 is 20.1 Å². The van der Waals surface area contributed by atoms with Gasteiger partial charge in [0.1, 0.15) is 5.75 Å². The van der Waals surface area contributed by atoms with Crippen LogP contribution < -0.4 is 20.1 Å². The predicted molar refractivity (Wildman–Crippen MR) is 80.9 cm³/mol. The zero-order chi connectivity index (χ0) is 15.1. The SMILES string of the molecule is CCNc1nc(NCc2ccc(OC)cc2)nc(OC)n1. The molecule has 112 valence electrons. The average Bonchev–Trinajstić information content (AvgIpc) is 2.53. The smallest absolute Gasteiger partial charge is 0.322 e. The largest absolute Gasteiger partial charge is 0.497 e. The highest BCUT2D eigenvalue weighted by Crippen LogP contribution is 2.14. The number of hydrogen-bond acceptors (Lipinski definition) is 7. The molecule has 2 N–H and O–H groups in total. The van der Waals surface area contributed by atoms with Crippen LogP contribution in [0.1, 0.15) is 12.5 Å². The summed E-state index contributed by atoms with van der Waals surface area (Å²) in [5.41, 5.74) is 1.10. The maximum Gasteiger partial charge on any atom is 0.322 e. The van der Waals surface area contributed by atoms with Gasteiger partial charge in [0.2, 0.25) is 11.9 Å². The van der Waals surface area contributed by atoms with Crippen LogP contribution in [0.5, 0.6) is 11.8 Å². The van der Waals surface area contributed by atoms with Crippen LogP contribution in [0.3, 0.4) is 0 Å². The molecule has 7 heteroatoms. The van der Waals surface area contributed by atoms with Crippen molar-refractivity contribution in [2.24, 2.45) is 0 Å². The number of aromatic nitrogens is 3. The third-order valence-corrected chi connectivity index (χ3v) is 2.74. The third-order valence-electron chi connectivity index (χ3n) is 2.74. The molecule has 0 aliphatic carbocycles. The quantitative estimate of drug-likeness (QED) is 0.806. The molecule has 0 aliphatic heterocycles. The Morgan fingerprint density at radius 1 is 0.905 bits per heavy atom. The van der Waals surface area contributed by atoms with Gasteiger partial charge in [0.15, 0.2) is 0 Å². The molecule has 0 amide bonds. The molecule has 1 heterocycles. The van der Waals surface area contributed by atoms with Crippen molar-refractivity contribution in [3.05, 3.63) is 29.8 Å². The first-order valence-electron chi connectivity index (χ1n) is 6.66. The minimum absolute atomic E-state index is 0.276. The predicted octanol–water partition coefficient (Wildman–Crippen LogP) is 1.93. The lowest BCUT2D eigenvalue weighted by atomic mass is 10.2. The molecule has 0 fully saturated rings. The minimum Gasteiger partial charge on any atom is -0.497 e. The Hall–Kier alpha value is -2.57. The fourth-order valence-corrected chi connectivity index (χ4v) is 1.69. The molecule has 0 unspecified atom stereocenters. The second kappa shape index (κ2) is 7.28. The highest BCUT2D eigenvalue weighted by molar-refractivity contribution is 5.37. The van der Waals surface area contributed by atoms with Crippen molar-refractivity contribution in [2.75, 3.05) is 31.4 Å². The van der Waals surface area contributed by atoms with E-state index in [-0.39, 0.29) is 6.01 Å². The first-order valence-corrected chi connectivity index (χ1v) is 6.66. The van der Waals surface area contributed by atoms with Gasteiger partial charge in [-0.25, -0.2) is 0 Å². The Morgan fingerprint density at radius 2 is 1.57 bits per heavy atom. The number of nitrogens with zero attached hydrogens (tertiary/aromatic N) is 3. The highest BCUT2D eigenvalue weighted by atomic mass is 16.5. The van der Waals surface area contributed by atoms with E-state index in [1.807, 2.05) is 31.2 Å². The number of methoxy groups -OCH3 is 2. The van der Waals surface area contributed by atoms with Crippen molar-refractivity contribution < 1.29 is 9.47 Å². The normalized spacial score (nSPS) is 10.0. The van der Waals surface area contributed by atoms with Gasteiger partial charge in [0.25, 0.3) is 0 Å². The van der Waals surface area contributed by atoms with E-state index in [2.05, 4.69) is 25.6 Å². The molecule has 1 aromatic carbocycles. The summed E-state index contributed by atoms with van der Waals surface area (Å²) >= 11 is 0. The lowest BCUT2D eigenvalue weighted by molar-refractivity contribution is 0.379. The fourth-order valence-electron chi connectivity index (χ4n) is 1.69. The topological polar surface area (TPSA) is 81.2 Å². The fraction of sp³-hybridized carbons (Fsp3) is 0.357. The second-order valence-corrected chi connectivity index (χ2v) is 4.20. The Morgan fingerprint density at radius 3 is 2.14 bits per heavy atom. The highest BCUT2D eigenvalue weighted by Gasteiger charge is 2.06. The number of benzene rings is 1. The van der Waals surface area contributed by atoms with Crippen molar-refractivity contribution in [2.45, 2.75) is 13.5 Å². The van der Waals surface area contributed by atoms with Crippen LogP contribution in [-0.4, -0.2) is 35.7 Å². The number of anilines is 2. The van der Waals surface area contributed by atoms with E-state index in [1.54, 1.807) is 7.11 Å². The summed E-state index contributed by atoms with van der Waals surface area (Å²) in [7, 11) is 3.17. The van der Waals surface area contributed by atoms with Gasteiger partial charge in [-0.05, 0) is 24.6 Å². The Kier molecular flexibility index (Phi) is 5.14. The van der Waals surface area contributed by atoms with Crippen molar-refractivity contribution in [3.63, 3.8) is 0 Å². The van der Waals surface area contributed by atoms with Crippen molar-refractivity contribution in [1.82, 2.24) is 15.0 Å². The molecular weight excluding hydrogens is 270 g/mol. The van der Waals surface area contributed by atoms with E-state index in [1.165, 1.54) is 7.11 Å². The molecule has 1 aromatic heterocycles. The summed E-state index contributed by atoms with van der Waals surface area (Å²) in [5, 5.41) is 6.19. The first kappa shape index (κ1) is 14.8. The summed E-state index contributed by atoms with van der Waals surface area (Å²) in [6.45, 7) is 3.30. The lowest BCUT2D eigenvalue weighted by Gasteiger charge is -2.09. The second-order valence-electron chi connectivity index (χ2n) is 4.20. The molecule has 2 aromatic rings. The molecule has 7 nitrogen and oxygen atoms in total. The molecular formula is C14H19N5O2. The molecule has 0 atom stereocenters. The summed E-state index contributed by atoms with van der Waals surface area (Å²) in [6.07, 6.45) is 0. The standard InChI is InChI=1S/C14H19N5O2/c1-4-15-12-17-13(19-14(18-12)21-3)16-9-10-5-7-11(20-2)8-6-10/h5-8H,4,9H2,1-3H3,(H2,15,16,17,18,19). The van der Waals surface area contributed by atoms with E-state index in [4.69, 9.17) is 9.47 Å². The van der Waals surface area contributed by atoms with Crippen molar-refractivity contribution >= 4 is 11.9 Å². The Labute approximate surface area is 123 Å². The van der Waals surface area contributed by atoms with Crippen LogP contribution in [-0.2, 0) is 6.54 Å². The first-order chi connectivity index (χ1) is 10.2. The molecule has 0 spiro atoms. The van der Waals surface area contributed by atoms with Crippen molar-refractivity contribution in [3.8, 4) is 11.8 Å². The average molecular weight is 289 g/mol. The van der Waals surface area contributed by atoms with Crippen LogP contribution in [0.4, 0.5) is 11.9 Å². The molecule has 0 saturated carbocycles. The van der Waals surface area contributed by atoms with Crippen LogP contribution in [0.25, 0.3) is 0 Å². The zero-order valence-electron chi connectivity index (χ0n) is 12.4. The van der Waals surface area contributed by atoms with Gasteiger partial charge in [0.05, 0.1) is 14.2 Å². The van der Waals surface area contributed by atoms with Gasteiger partial charge in [0, 0.05) is 13.1 Å². The molecule has 2 rings (SSSR count). The van der Waals surface area contributed by atoms with Gasteiger partial charge in [-0.1, -0.05) is 12.1 Å². The molecule has 0 radical (unpaired) electrons. The molecule has 0 aliphatic rings. The molecule has 21 heavy (non-hydrogen) atoms. The molecule has 0 bridgehead atoms. The van der Waals surface area contributed by atoms with E-state index in [0.29, 0.717) is 18.4 Å². The van der Waals surface area contributed by atoms with E-state index < -0.39 is 0 Å². The Balaban J connectivity index is 2.05. The van der Waals surface area contributed by atoms with Gasteiger partial charge in [-0.2, -0.15) is 15.0 Å². The van der Waals surface area contributed by atoms with E-state index in [9.17, 15) is 0 Å². The van der Waals surface area contributed by atoms with Crippen LogP contribution >= 0.6 is 0 Å². The third kappa shape index (κ3) is 4.20. The monoisotopic (exact) mass is 289 g/mol. The number of nitrogens with one attached hydrogen (secondary N) is 2. The Bertz CT molecular complexity index is 574. The van der Waals surface area contributed by atoms with Crippen LogP contribution in [0, 0.1) is 0 Å². The van der Waals surface area contributed by atoms with Gasteiger partial charge in [-0.3, -0.25) is 0 Å². The number of rotatable bonds is 7. The summed E-state index contributed by atoms with van der Waals surface area (Å²) in [5.74, 6) is 1.78. The van der Waals surface area contributed by atoms with Crippen LogP contribution in [0.2, 0.25) is 0 Å². The van der Waals surface area contributed by atoms with Gasteiger partial charge >= 0.3 is 6.01 Å². The number of hydrogen-bond donors (Lipinski definition) is 2. The van der Waals surface area contributed by atoms with E-state index >= 15 is 0 Å². The minimum atomic E-state index is 0.276. The summed E-state index contributed by atoms with van der Waals surface area (Å²) in [6, 6.07) is 8.06. The maximum absolute atomic E-state index is 5.13. The summed E-state index contributed by atoms with van der Waals surface area (Å²) in [4.78, 5) is 12.5. The summed E-state index contributed by atoms with van der Waals surface area (Å²) < 4.78 is 10.2. The number of ether oxygens (including phenoxy) is 2. The molecule has 0 saturated heterocycles. The van der Waals surface area contributed by atoms with Crippen LogP contribution in [0.15, 0.2) is 24.3 Å². The van der Waals surface area contributed by atoms with E-state index in [0.717, 1.165) is 17.9 Å². The van der Waals surface area contributed by atoms with Crippen molar-refractivity contribution in [1.29, 1.82) is 0 Å². The lowest BCUT2D eigenvalue weighted by Crippen LogP contribution is -2.10. The zero-order valence-corrected chi connectivity index (χ0v) is 12.4. The van der Waals surface area contributed by atoms with Gasteiger partial charge in [-0.15, -0.1) is 0 Å².